The average molecular weight is 243 g/mol. The van der Waals surface area contributed by atoms with Gasteiger partial charge in [-0.05, 0) is 38.1 Å². The molecule has 1 atom stereocenters. The van der Waals surface area contributed by atoms with Crippen LogP contribution in [0.1, 0.15) is 25.2 Å². The number of nitrogens with one attached hydrogen (secondary N) is 1. The van der Waals surface area contributed by atoms with Crippen LogP contribution in [-0.2, 0) is 12.8 Å². The van der Waals surface area contributed by atoms with Crippen LogP contribution in [0.2, 0.25) is 0 Å². The lowest BCUT2D eigenvalue weighted by atomic mass is 10.0. The third-order valence-corrected chi connectivity index (χ3v) is 3.33. The molecular weight excluding hydrogens is 222 g/mol. The molecule has 0 aliphatic heterocycles. The highest BCUT2D eigenvalue weighted by molar-refractivity contribution is 5.62. The molecule has 0 saturated carbocycles. The minimum Gasteiger partial charge on any atom is -0.461 e. The first-order valence-electron chi connectivity index (χ1n) is 6.58. The van der Waals surface area contributed by atoms with Crippen LogP contribution in [0.25, 0.3) is 11.3 Å². The van der Waals surface area contributed by atoms with Gasteiger partial charge in [-0.15, -0.1) is 0 Å². The number of aryl methyl sites for hydroxylation is 1. The molecule has 1 aromatic heterocycles. The summed E-state index contributed by atoms with van der Waals surface area (Å²) < 4.78 is 5.94. The summed E-state index contributed by atoms with van der Waals surface area (Å²) in [6.45, 7) is 4.33. The maximum Gasteiger partial charge on any atom is 0.134 e. The Morgan fingerprint density at radius 3 is 2.67 bits per heavy atom. The Labute approximate surface area is 109 Å². The van der Waals surface area contributed by atoms with Gasteiger partial charge in [0.15, 0.2) is 0 Å². The van der Waals surface area contributed by atoms with Gasteiger partial charge in [-0.3, -0.25) is 0 Å². The van der Waals surface area contributed by atoms with E-state index in [0.717, 1.165) is 24.4 Å². The first kappa shape index (κ1) is 12.9. The summed E-state index contributed by atoms with van der Waals surface area (Å²) >= 11 is 0. The number of hydrogen-bond acceptors (Lipinski definition) is 2. The van der Waals surface area contributed by atoms with Gasteiger partial charge in [0.1, 0.15) is 11.5 Å². The van der Waals surface area contributed by atoms with Crippen LogP contribution in [0.3, 0.4) is 0 Å². The number of furan rings is 1. The van der Waals surface area contributed by atoms with Crippen molar-refractivity contribution < 1.29 is 4.42 Å². The minimum atomic E-state index is 0.436. The van der Waals surface area contributed by atoms with Crippen LogP contribution < -0.4 is 5.32 Å². The molecule has 1 N–H and O–H groups in total. The van der Waals surface area contributed by atoms with Crippen molar-refractivity contribution >= 4 is 0 Å². The van der Waals surface area contributed by atoms with Crippen molar-refractivity contribution in [3.05, 3.63) is 47.7 Å². The van der Waals surface area contributed by atoms with E-state index in [4.69, 9.17) is 4.42 Å². The smallest absolute Gasteiger partial charge is 0.134 e. The Hall–Kier alpha value is -1.54. The lowest BCUT2D eigenvalue weighted by Gasteiger charge is -2.07. The zero-order valence-corrected chi connectivity index (χ0v) is 11.4. The zero-order chi connectivity index (χ0) is 13.0. The van der Waals surface area contributed by atoms with E-state index in [2.05, 4.69) is 55.6 Å². The van der Waals surface area contributed by atoms with Gasteiger partial charge in [0.05, 0.1) is 0 Å². The van der Waals surface area contributed by atoms with Crippen LogP contribution in [0.4, 0.5) is 0 Å². The highest BCUT2D eigenvalue weighted by Gasteiger charge is 2.09. The van der Waals surface area contributed by atoms with E-state index in [9.17, 15) is 0 Å². The molecule has 18 heavy (non-hydrogen) atoms. The Morgan fingerprint density at radius 2 is 1.94 bits per heavy atom. The van der Waals surface area contributed by atoms with Gasteiger partial charge in [0, 0.05) is 18.0 Å². The molecule has 0 aliphatic rings. The molecule has 96 valence electrons. The van der Waals surface area contributed by atoms with Crippen molar-refractivity contribution in [2.24, 2.45) is 0 Å². The molecule has 2 rings (SSSR count). The summed E-state index contributed by atoms with van der Waals surface area (Å²) in [6, 6.07) is 13.0. The summed E-state index contributed by atoms with van der Waals surface area (Å²) in [4.78, 5) is 0. The van der Waals surface area contributed by atoms with Crippen molar-refractivity contribution in [3.8, 4) is 11.3 Å². The van der Waals surface area contributed by atoms with Crippen LogP contribution in [0, 0.1) is 0 Å². The predicted octanol–water partition coefficient (Wildman–Crippen LogP) is 3.66. The van der Waals surface area contributed by atoms with E-state index in [0.29, 0.717) is 6.04 Å². The Morgan fingerprint density at radius 1 is 1.17 bits per heavy atom. The number of hydrogen-bond donors (Lipinski definition) is 1. The molecule has 0 amide bonds. The molecule has 0 aliphatic carbocycles. The van der Waals surface area contributed by atoms with E-state index in [-0.39, 0.29) is 0 Å². The summed E-state index contributed by atoms with van der Waals surface area (Å²) in [5, 5.41) is 3.22. The van der Waals surface area contributed by atoms with Crippen molar-refractivity contribution in [1.29, 1.82) is 0 Å². The van der Waals surface area contributed by atoms with Crippen LogP contribution in [0.15, 0.2) is 40.8 Å². The third-order valence-electron chi connectivity index (χ3n) is 3.33. The van der Waals surface area contributed by atoms with Gasteiger partial charge in [-0.2, -0.15) is 0 Å². The van der Waals surface area contributed by atoms with Gasteiger partial charge < -0.3 is 9.73 Å². The highest BCUT2D eigenvalue weighted by Crippen LogP contribution is 2.26. The predicted molar refractivity (Wildman–Crippen MR) is 75.7 cm³/mol. The standard InChI is InChI=1S/C16H21NO/c1-4-13-7-5-6-8-15(13)16-10-9-14(18-16)11-12(2)17-3/h5-10,12,17H,4,11H2,1-3H3. The van der Waals surface area contributed by atoms with Gasteiger partial charge in [-0.25, -0.2) is 0 Å². The largest absolute Gasteiger partial charge is 0.461 e. The second-order valence-electron chi connectivity index (χ2n) is 4.67. The summed E-state index contributed by atoms with van der Waals surface area (Å²) in [5.74, 6) is 2.02. The van der Waals surface area contributed by atoms with Crippen LogP contribution >= 0.6 is 0 Å². The van der Waals surface area contributed by atoms with Crippen molar-refractivity contribution in [2.45, 2.75) is 32.7 Å². The van der Waals surface area contributed by atoms with Crippen molar-refractivity contribution in [3.63, 3.8) is 0 Å². The highest BCUT2D eigenvalue weighted by atomic mass is 16.3. The Balaban J connectivity index is 2.24. The van der Waals surface area contributed by atoms with Crippen molar-refractivity contribution in [2.75, 3.05) is 7.05 Å². The van der Waals surface area contributed by atoms with Gasteiger partial charge >= 0.3 is 0 Å². The van der Waals surface area contributed by atoms with E-state index < -0.39 is 0 Å². The lowest BCUT2D eigenvalue weighted by molar-refractivity contribution is 0.481. The fourth-order valence-electron chi connectivity index (χ4n) is 2.11. The van der Waals surface area contributed by atoms with E-state index >= 15 is 0 Å². The second kappa shape index (κ2) is 5.87. The van der Waals surface area contributed by atoms with Gasteiger partial charge in [0.2, 0.25) is 0 Å². The first-order valence-corrected chi connectivity index (χ1v) is 6.58. The molecule has 0 fully saturated rings. The number of likely N-dealkylation sites (N-methyl/N-ethyl adjacent to an activating group) is 1. The normalized spacial score (nSPS) is 12.6. The number of rotatable bonds is 5. The molecule has 0 spiro atoms. The van der Waals surface area contributed by atoms with Crippen LogP contribution in [0.5, 0.6) is 0 Å². The monoisotopic (exact) mass is 243 g/mol. The second-order valence-corrected chi connectivity index (χ2v) is 4.67. The molecule has 0 saturated heterocycles. The summed E-state index contributed by atoms with van der Waals surface area (Å²) in [5.41, 5.74) is 2.54. The van der Waals surface area contributed by atoms with E-state index in [1.165, 1.54) is 11.1 Å². The molecule has 0 radical (unpaired) electrons. The maximum atomic E-state index is 5.94. The van der Waals surface area contributed by atoms with E-state index in [1.807, 2.05) is 7.05 Å². The quantitative estimate of drug-likeness (QED) is 0.867. The van der Waals surface area contributed by atoms with E-state index in [1.54, 1.807) is 0 Å². The summed E-state index contributed by atoms with van der Waals surface area (Å²) in [6.07, 6.45) is 1.95. The number of benzene rings is 1. The molecule has 2 heteroatoms. The fourth-order valence-corrected chi connectivity index (χ4v) is 2.11. The van der Waals surface area contributed by atoms with Gasteiger partial charge in [0.25, 0.3) is 0 Å². The maximum absolute atomic E-state index is 5.94. The molecule has 2 nitrogen and oxygen atoms in total. The summed E-state index contributed by atoms with van der Waals surface area (Å²) in [7, 11) is 1.97. The molecule has 1 aromatic carbocycles. The molecule has 1 unspecified atom stereocenters. The SMILES string of the molecule is CCc1ccccc1-c1ccc(CC(C)NC)o1. The Bertz CT molecular complexity index is 501. The Kier molecular flexibility index (Phi) is 4.21. The molecule has 2 aromatic rings. The van der Waals surface area contributed by atoms with Crippen LogP contribution in [-0.4, -0.2) is 13.1 Å². The molecule has 1 heterocycles. The zero-order valence-electron chi connectivity index (χ0n) is 11.4. The lowest BCUT2D eigenvalue weighted by Crippen LogP contribution is -2.23. The first-order chi connectivity index (χ1) is 8.74. The topological polar surface area (TPSA) is 25.2 Å². The molecular formula is C16H21NO. The fraction of sp³-hybridized carbons (Fsp3) is 0.375. The minimum absolute atomic E-state index is 0.436. The van der Waals surface area contributed by atoms with Gasteiger partial charge in [-0.1, -0.05) is 31.2 Å². The third kappa shape index (κ3) is 2.82. The average Bonchev–Trinajstić information content (AvgIpc) is 2.86. The van der Waals surface area contributed by atoms with Crippen molar-refractivity contribution in [1.82, 2.24) is 5.32 Å². The molecule has 0 bridgehead atoms.